The van der Waals surface area contributed by atoms with E-state index < -0.39 is 5.60 Å². The number of aliphatic hydroxyl groups is 1. The van der Waals surface area contributed by atoms with Gasteiger partial charge in [-0.05, 0) is 31.9 Å². The molecule has 130 valence electrons. The molecule has 2 amide bonds. The molecule has 1 aliphatic rings. The van der Waals surface area contributed by atoms with Gasteiger partial charge in [0, 0.05) is 13.6 Å². The summed E-state index contributed by atoms with van der Waals surface area (Å²) in [4.78, 5) is 16.8. The largest absolute Gasteiger partial charge is 0.388 e. The highest BCUT2D eigenvalue weighted by Gasteiger charge is 2.29. The second-order valence-electron chi connectivity index (χ2n) is 6.85. The van der Waals surface area contributed by atoms with Crippen molar-refractivity contribution in [3.63, 3.8) is 0 Å². The lowest BCUT2D eigenvalue weighted by Crippen LogP contribution is -2.47. The van der Waals surface area contributed by atoms with Crippen molar-refractivity contribution < 1.29 is 9.90 Å². The van der Waals surface area contributed by atoms with Crippen LogP contribution >= 0.6 is 0 Å². The van der Waals surface area contributed by atoms with Crippen molar-refractivity contribution >= 4 is 17.1 Å². The number of rotatable bonds is 4. The first-order valence-corrected chi connectivity index (χ1v) is 8.67. The van der Waals surface area contributed by atoms with Gasteiger partial charge in [-0.25, -0.2) is 9.78 Å². The molecule has 1 saturated carbocycles. The van der Waals surface area contributed by atoms with Crippen LogP contribution in [0.2, 0.25) is 0 Å². The Morgan fingerprint density at radius 1 is 1.33 bits per heavy atom. The van der Waals surface area contributed by atoms with E-state index in [1.54, 1.807) is 0 Å². The molecule has 1 aromatic heterocycles. The average molecular weight is 330 g/mol. The average Bonchev–Trinajstić information content (AvgIpc) is 2.91. The molecule has 1 fully saturated rings. The van der Waals surface area contributed by atoms with Gasteiger partial charge in [0.15, 0.2) is 0 Å². The Morgan fingerprint density at radius 3 is 2.75 bits per heavy atom. The number of urea groups is 1. The topological polar surface area (TPSA) is 79.2 Å². The number of carbonyl (C=O) groups is 1. The van der Waals surface area contributed by atoms with Gasteiger partial charge < -0.3 is 20.3 Å². The van der Waals surface area contributed by atoms with E-state index in [0.29, 0.717) is 6.54 Å². The summed E-state index contributed by atoms with van der Waals surface area (Å²) >= 11 is 0. The number of imidazole rings is 1. The Labute approximate surface area is 142 Å². The van der Waals surface area contributed by atoms with Gasteiger partial charge in [0.05, 0.1) is 22.7 Å². The van der Waals surface area contributed by atoms with E-state index in [0.717, 1.165) is 49.0 Å². The maximum absolute atomic E-state index is 12.2. The summed E-state index contributed by atoms with van der Waals surface area (Å²) < 4.78 is 1.99. The first-order chi connectivity index (χ1) is 11.5. The number of amides is 2. The zero-order chi connectivity index (χ0) is 17.2. The fraction of sp³-hybridized carbons (Fsp3) is 0.556. The molecular formula is C18H26N4O2. The Morgan fingerprint density at radius 2 is 2.04 bits per heavy atom. The van der Waals surface area contributed by atoms with Crippen molar-refractivity contribution in [2.24, 2.45) is 7.05 Å². The summed E-state index contributed by atoms with van der Waals surface area (Å²) in [5.41, 5.74) is 1.20. The lowest BCUT2D eigenvalue weighted by Gasteiger charge is -2.32. The van der Waals surface area contributed by atoms with E-state index in [-0.39, 0.29) is 12.1 Å². The number of para-hydroxylation sites is 2. The minimum atomic E-state index is -0.753. The van der Waals surface area contributed by atoms with E-state index in [4.69, 9.17) is 0 Å². The quantitative estimate of drug-likeness (QED) is 0.806. The number of benzene rings is 1. The standard InChI is InChI=1S/C18H26N4O2/c1-13(16-21-14-8-4-5-9-15(14)22(16)2)20-17(23)19-12-18(24)10-6-3-7-11-18/h4-5,8-9,13,24H,3,6-7,10-12H2,1-2H3,(H2,19,20,23)/t13-/m0/s1. The minimum absolute atomic E-state index is 0.219. The third kappa shape index (κ3) is 3.53. The normalized spacial score (nSPS) is 18.3. The van der Waals surface area contributed by atoms with E-state index in [1.165, 1.54) is 0 Å². The number of aromatic nitrogens is 2. The van der Waals surface area contributed by atoms with Crippen LogP contribution in [-0.4, -0.2) is 32.8 Å². The Hall–Kier alpha value is -2.08. The Bertz CT molecular complexity index is 719. The summed E-state index contributed by atoms with van der Waals surface area (Å²) in [5.74, 6) is 0.808. The van der Waals surface area contributed by atoms with E-state index >= 15 is 0 Å². The van der Waals surface area contributed by atoms with Crippen LogP contribution in [0, 0.1) is 0 Å². The molecule has 3 N–H and O–H groups in total. The van der Waals surface area contributed by atoms with Gasteiger partial charge >= 0.3 is 6.03 Å². The number of aryl methyl sites for hydroxylation is 1. The van der Waals surface area contributed by atoms with Crippen molar-refractivity contribution in [3.05, 3.63) is 30.1 Å². The van der Waals surface area contributed by atoms with Crippen molar-refractivity contribution in [2.45, 2.75) is 50.7 Å². The molecule has 6 nitrogen and oxygen atoms in total. The molecular weight excluding hydrogens is 304 g/mol. The van der Waals surface area contributed by atoms with Gasteiger partial charge in [-0.15, -0.1) is 0 Å². The molecule has 0 radical (unpaired) electrons. The van der Waals surface area contributed by atoms with Crippen LogP contribution in [0.5, 0.6) is 0 Å². The predicted molar refractivity (Wildman–Crippen MR) is 93.7 cm³/mol. The van der Waals surface area contributed by atoms with Crippen LogP contribution in [0.25, 0.3) is 11.0 Å². The molecule has 6 heteroatoms. The molecule has 1 heterocycles. The molecule has 1 atom stereocenters. The monoisotopic (exact) mass is 330 g/mol. The highest BCUT2D eigenvalue weighted by Crippen LogP contribution is 2.27. The highest BCUT2D eigenvalue weighted by atomic mass is 16.3. The number of hydrogen-bond donors (Lipinski definition) is 3. The van der Waals surface area contributed by atoms with Crippen LogP contribution in [0.4, 0.5) is 4.79 Å². The van der Waals surface area contributed by atoms with Crippen LogP contribution in [0.3, 0.4) is 0 Å². The second kappa shape index (κ2) is 6.81. The molecule has 2 aromatic rings. The molecule has 1 aromatic carbocycles. The zero-order valence-electron chi connectivity index (χ0n) is 14.4. The molecule has 1 aliphatic carbocycles. The molecule has 0 unspecified atom stereocenters. The third-order valence-corrected chi connectivity index (χ3v) is 4.92. The van der Waals surface area contributed by atoms with Crippen molar-refractivity contribution in [3.8, 4) is 0 Å². The lowest BCUT2D eigenvalue weighted by atomic mass is 9.85. The van der Waals surface area contributed by atoms with Crippen molar-refractivity contribution in [1.29, 1.82) is 0 Å². The fourth-order valence-electron chi connectivity index (χ4n) is 3.50. The molecule has 3 rings (SSSR count). The molecule has 0 aliphatic heterocycles. The Kier molecular flexibility index (Phi) is 4.76. The molecule has 0 saturated heterocycles. The molecule has 24 heavy (non-hydrogen) atoms. The number of fused-ring (bicyclic) bond motifs is 1. The number of carbonyl (C=O) groups excluding carboxylic acids is 1. The second-order valence-corrected chi connectivity index (χ2v) is 6.85. The predicted octanol–water partition coefficient (Wildman–Crippen LogP) is 2.63. The first-order valence-electron chi connectivity index (χ1n) is 8.67. The number of nitrogens with zero attached hydrogens (tertiary/aromatic N) is 2. The molecule has 0 spiro atoms. The summed E-state index contributed by atoms with van der Waals surface area (Å²) in [6, 6.07) is 7.41. The molecule has 0 bridgehead atoms. The van der Waals surface area contributed by atoms with Crippen LogP contribution in [0.15, 0.2) is 24.3 Å². The Balaban J connectivity index is 1.60. The van der Waals surface area contributed by atoms with Crippen LogP contribution in [-0.2, 0) is 7.05 Å². The van der Waals surface area contributed by atoms with Gasteiger partial charge in [0.25, 0.3) is 0 Å². The third-order valence-electron chi connectivity index (χ3n) is 4.92. The van der Waals surface area contributed by atoms with Gasteiger partial charge in [-0.2, -0.15) is 0 Å². The fourth-order valence-corrected chi connectivity index (χ4v) is 3.50. The minimum Gasteiger partial charge on any atom is -0.388 e. The summed E-state index contributed by atoms with van der Waals surface area (Å²) in [7, 11) is 1.95. The van der Waals surface area contributed by atoms with Crippen LogP contribution in [0.1, 0.15) is 50.9 Å². The number of hydrogen-bond acceptors (Lipinski definition) is 3. The SMILES string of the molecule is C[C@H](NC(=O)NCC1(O)CCCCC1)c1nc2ccccc2n1C. The number of nitrogens with one attached hydrogen (secondary N) is 2. The summed E-state index contributed by atoms with van der Waals surface area (Å²) in [6.07, 6.45) is 4.73. The van der Waals surface area contributed by atoms with Gasteiger partial charge in [-0.3, -0.25) is 0 Å². The lowest BCUT2D eigenvalue weighted by molar-refractivity contribution is 0.00713. The van der Waals surface area contributed by atoms with E-state index in [2.05, 4.69) is 15.6 Å². The van der Waals surface area contributed by atoms with Gasteiger partial charge in [-0.1, -0.05) is 31.4 Å². The van der Waals surface area contributed by atoms with Gasteiger partial charge in [0.2, 0.25) is 0 Å². The van der Waals surface area contributed by atoms with Crippen LogP contribution < -0.4 is 10.6 Å². The maximum atomic E-state index is 12.2. The highest BCUT2D eigenvalue weighted by molar-refractivity contribution is 5.77. The summed E-state index contributed by atoms with van der Waals surface area (Å²) in [6.45, 7) is 2.21. The maximum Gasteiger partial charge on any atom is 0.315 e. The van der Waals surface area contributed by atoms with E-state index in [9.17, 15) is 9.90 Å². The van der Waals surface area contributed by atoms with E-state index in [1.807, 2.05) is 42.8 Å². The van der Waals surface area contributed by atoms with Crippen molar-refractivity contribution in [1.82, 2.24) is 20.2 Å². The zero-order valence-corrected chi connectivity index (χ0v) is 14.4. The smallest absolute Gasteiger partial charge is 0.315 e. The van der Waals surface area contributed by atoms with Crippen molar-refractivity contribution in [2.75, 3.05) is 6.54 Å². The first kappa shape index (κ1) is 16.8. The van der Waals surface area contributed by atoms with Gasteiger partial charge in [0.1, 0.15) is 5.82 Å². The summed E-state index contributed by atoms with van der Waals surface area (Å²) in [5, 5.41) is 16.2.